The fourth-order valence-electron chi connectivity index (χ4n) is 1.56. The second-order valence-corrected chi connectivity index (χ2v) is 6.10. The fraction of sp³-hybridized carbons (Fsp3) is 0.462. The van der Waals surface area contributed by atoms with Gasteiger partial charge in [-0.1, -0.05) is 12.1 Å². The predicted octanol–water partition coefficient (Wildman–Crippen LogP) is 0.293. The van der Waals surface area contributed by atoms with Crippen molar-refractivity contribution in [2.75, 3.05) is 26.0 Å². The molecular formula is C13H20N2O4S. The summed E-state index contributed by atoms with van der Waals surface area (Å²) >= 11 is 0. The van der Waals surface area contributed by atoms with Gasteiger partial charge in [0.2, 0.25) is 15.9 Å². The molecule has 20 heavy (non-hydrogen) atoms. The van der Waals surface area contributed by atoms with Gasteiger partial charge < -0.3 is 10.1 Å². The first-order chi connectivity index (χ1) is 9.40. The van der Waals surface area contributed by atoms with E-state index in [9.17, 15) is 13.2 Å². The number of ether oxygens (including phenoxy) is 1. The Morgan fingerprint density at radius 3 is 2.40 bits per heavy atom. The van der Waals surface area contributed by atoms with Crippen molar-refractivity contribution in [1.82, 2.24) is 10.0 Å². The van der Waals surface area contributed by atoms with Gasteiger partial charge in [0.25, 0.3) is 0 Å². The van der Waals surface area contributed by atoms with E-state index >= 15 is 0 Å². The van der Waals surface area contributed by atoms with Gasteiger partial charge in [0.05, 0.1) is 19.3 Å². The average Bonchev–Trinajstić information content (AvgIpc) is 2.36. The molecule has 7 heteroatoms. The molecule has 0 radical (unpaired) electrons. The number of rotatable bonds is 8. The first-order valence-corrected chi connectivity index (χ1v) is 8.23. The van der Waals surface area contributed by atoms with Crippen LogP contribution in [0.3, 0.4) is 0 Å². The summed E-state index contributed by atoms with van der Waals surface area (Å²) in [5, 5.41) is 2.65. The molecule has 1 amide bonds. The van der Waals surface area contributed by atoms with Crippen LogP contribution in [0.15, 0.2) is 24.3 Å². The molecule has 0 saturated carbocycles. The summed E-state index contributed by atoms with van der Waals surface area (Å²) in [6, 6.07) is 7.30. The number of hydrogen-bond donors (Lipinski definition) is 2. The molecule has 0 spiro atoms. The zero-order chi connectivity index (χ0) is 15.0. The molecule has 6 nitrogen and oxygen atoms in total. The number of sulfonamides is 1. The highest BCUT2D eigenvalue weighted by Crippen LogP contribution is 2.12. The Morgan fingerprint density at radius 1 is 1.20 bits per heavy atom. The Kier molecular flexibility index (Phi) is 6.47. The van der Waals surface area contributed by atoms with Crippen LogP contribution in [0.1, 0.15) is 12.5 Å². The number of nitrogens with one attached hydrogen (secondary N) is 2. The van der Waals surface area contributed by atoms with Gasteiger partial charge >= 0.3 is 0 Å². The van der Waals surface area contributed by atoms with E-state index in [4.69, 9.17) is 4.74 Å². The van der Waals surface area contributed by atoms with Crippen LogP contribution in [0.2, 0.25) is 0 Å². The topological polar surface area (TPSA) is 84.5 Å². The van der Waals surface area contributed by atoms with Gasteiger partial charge in [0.1, 0.15) is 5.75 Å². The number of amides is 1. The minimum Gasteiger partial charge on any atom is -0.494 e. The van der Waals surface area contributed by atoms with Crippen LogP contribution in [0.25, 0.3) is 0 Å². The number of carbonyl (C=O) groups excluding carboxylic acids is 1. The Labute approximate surface area is 119 Å². The highest BCUT2D eigenvalue weighted by atomic mass is 32.2. The summed E-state index contributed by atoms with van der Waals surface area (Å²) in [5.41, 5.74) is 0.877. The van der Waals surface area contributed by atoms with Gasteiger partial charge in [-0.25, -0.2) is 13.1 Å². The fourth-order valence-corrected chi connectivity index (χ4v) is 2.03. The van der Waals surface area contributed by atoms with E-state index in [2.05, 4.69) is 10.0 Å². The molecule has 0 unspecified atom stereocenters. The van der Waals surface area contributed by atoms with Crippen molar-refractivity contribution in [3.05, 3.63) is 29.8 Å². The summed E-state index contributed by atoms with van der Waals surface area (Å²) in [7, 11) is -3.21. The molecule has 0 aliphatic heterocycles. The molecule has 1 aromatic rings. The minimum absolute atomic E-state index is 0.149. The molecule has 0 heterocycles. The van der Waals surface area contributed by atoms with Crippen LogP contribution in [-0.2, 0) is 21.2 Å². The molecule has 0 bridgehead atoms. The molecule has 2 N–H and O–H groups in total. The van der Waals surface area contributed by atoms with Crippen molar-refractivity contribution in [3.63, 3.8) is 0 Å². The van der Waals surface area contributed by atoms with Gasteiger partial charge in [-0.3, -0.25) is 4.79 Å². The summed E-state index contributed by atoms with van der Waals surface area (Å²) in [6.45, 7) is 2.97. The van der Waals surface area contributed by atoms with Gasteiger partial charge in [0.15, 0.2) is 0 Å². The van der Waals surface area contributed by atoms with E-state index in [0.29, 0.717) is 6.61 Å². The molecule has 112 valence electrons. The van der Waals surface area contributed by atoms with Crippen molar-refractivity contribution in [3.8, 4) is 5.75 Å². The number of hydrogen-bond acceptors (Lipinski definition) is 4. The van der Waals surface area contributed by atoms with Crippen molar-refractivity contribution in [2.45, 2.75) is 13.3 Å². The van der Waals surface area contributed by atoms with E-state index in [1.807, 2.05) is 31.2 Å². The normalized spacial score (nSPS) is 11.1. The maximum atomic E-state index is 11.6. The highest BCUT2D eigenvalue weighted by molar-refractivity contribution is 7.88. The van der Waals surface area contributed by atoms with Crippen molar-refractivity contribution in [1.29, 1.82) is 0 Å². The maximum absolute atomic E-state index is 11.6. The van der Waals surface area contributed by atoms with E-state index in [-0.39, 0.29) is 25.4 Å². The smallest absolute Gasteiger partial charge is 0.224 e. The molecule has 0 saturated heterocycles. The van der Waals surface area contributed by atoms with Crippen LogP contribution in [0, 0.1) is 0 Å². The maximum Gasteiger partial charge on any atom is 0.224 e. The standard InChI is InChI=1S/C13H20N2O4S/c1-3-19-12-6-4-11(5-7-12)10-13(16)14-8-9-15-20(2,17)18/h4-7,15H,3,8-10H2,1-2H3,(H,14,16). The van der Waals surface area contributed by atoms with E-state index in [0.717, 1.165) is 17.6 Å². The lowest BCUT2D eigenvalue weighted by molar-refractivity contribution is -0.120. The van der Waals surface area contributed by atoms with Crippen LogP contribution in [0.5, 0.6) is 5.75 Å². The van der Waals surface area contributed by atoms with Crippen LogP contribution in [-0.4, -0.2) is 40.3 Å². The third-order valence-electron chi connectivity index (χ3n) is 2.41. The molecule has 1 aromatic carbocycles. The van der Waals surface area contributed by atoms with Gasteiger partial charge in [-0.05, 0) is 24.6 Å². The average molecular weight is 300 g/mol. The summed E-state index contributed by atoms with van der Waals surface area (Å²) in [4.78, 5) is 11.6. The SMILES string of the molecule is CCOc1ccc(CC(=O)NCCNS(C)(=O)=O)cc1. The van der Waals surface area contributed by atoms with Crippen LogP contribution < -0.4 is 14.8 Å². The molecule has 0 aliphatic rings. The number of benzene rings is 1. The first-order valence-electron chi connectivity index (χ1n) is 6.34. The molecule has 0 aromatic heterocycles. The van der Waals surface area contributed by atoms with E-state index in [1.165, 1.54) is 0 Å². The van der Waals surface area contributed by atoms with Crippen molar-refractivity contribution < 1.29 is 17.9 Å². The molecule has 1 rings (SSSR count). The first kappa shape index (κ1) is 16.5. The predicted molar refractivity (Wildman–Crippen MR) is 77.2 cm³/mol. The zero-order valence-corrected chi connectivity index (χ0v) is 12.5. The van der Waals surface area contributed by atoms with Gasteiger partial charge in [-0.2, -0.15) is 0 Å². The Balaban J connectivity index is 2.31. The van der Waals surface area contributed by atoms with Crippen molar-refractivity contribution >= 4 is 15.9 Å². The second-order valence-electron chi connectivity index (χ2n) is 4.27. The largest absolute Gasteiger partial charge is 0.494 e. The zero-order valence-electron chi connectivity index (χ0n) is 11.7. The molecule has 0 fully saturated rings. The lowest BCUT2D eigenvalue weighted by atomic mass is 10.1. The van der Waals surface area contributed by atoms with E-state index < -0.39 is 10.0 Å². The number of carbonyl (C=O) groups is 1. The third kappa shape index (κ3) is 7.10. The lowest BCUT2D eigenvalue weighted by Gasteiger charge is -2.07. The Hall–Kier alpha value is -1.60. The molecule has 0 atom stereocenters. The van der Waals surface area contributed by atoms with E-state index in [1.54, 1.807) is 0 Å². The van der Waals surface area contributed by atoms with Crippen molar-refractivity contribution in [2.24, 2.45) is 0 Å². The monoisotopic (exact) mass is 300 g/mol. The molecule has 0 aliphatic carbocycles. The molecular weight excluding hydrogens is 280 g/mol. The Morgan fingerprint density at radius 2 is 1.85 bits per heavy atom. The van der Waals surface area contributed by atoms with Crippen LogP contribution in [0.4, 0.5) is 0 Å². The summed E-state index contributed by atoms with van der Waals surface area (Å²) in [5.74, 6) is 0.624. The Bertz CT molecular complexity index is 526. The van der Waals surface area contributed by atoms with Crippen LogP contribution >= 0.6 is 0 Å². The van der Waals surface area contributed by atoms with Gasteiger partial charge in [-0.15, -0.1) is 0 Å². The summed E-state index contributed by atoms with van der Waals surface area (Å²) in [6.07, 6.45) is 1.33. The highest BCUT2D eigenvalue weighted by Gasteiger charge is 2.04. The minimum atomic E-state index is -3.21. The second kappa shape index (κ2) is 7.86. The third-order valence-corrected chi connectivity index (χ3v) is 3.14. The van der Waals surface area contributed by atoms with Gasteiger partial charge in [0, 0.05) is 13.1 Å². The quantitative estimate of drug-likeness (QED) is 0.676. The lowest BCUT2D eigenvalue weighted by Crippen LogP contribution is -2.34. The summed E-state index contributed by atoms with van der Waals surface area (Å²) < 4.78 is 29.2.